The minimum atomic E-state index is -0.892. The summed E-state index contributed by atoms with van der Waals surface area (Å²) in [6.45, 7) is 2.21. The van der Waals surface area contributed by atoms with Crippen LogP contribution in [0, 0.1) is 5.92 Å². The molecule has 2 aliphatic rings. The normalized spacial score (nSPS) is 22.5. The molecule has 1 aromatic carbocycles. The number of benzene rings is 1. The monoisotopic (exact) mass is 318 g/mol. The number of rotatable bonds is 6. The SMILES string of the molecule is O=C(NC1CC1)[C@H](O)C1CCN(C[C@@H](O)c2ccccc2)CC1. The van der Waals surface area contributed by atoms with E-state index in [0.29, 0.717) is 12.6 Å². The third-order valence-corrected chi connectivity index (χ3v) is 4.89. The van der Waals surface area contributed by atoms with Gasteiger partial charge in [-0.2, -0.15) is 0 Å². The van der Waals surface area contributed by atoms with E-state index >= 15 is 0 Å². The molecule has 126 valence electrons. The number of aliphatic hydroxyl groups is 2. The Morgan fingerprint density at radius 2 is 1.78 bits per heavy atom. The van der Waals surface area contributed by atoms with Gasteiger partial charge in [-0.3, -0.25) is 4.79 Å². The third kappa shape index (κ3) is 4.53. The lowest BCUT2D eigenvalue weighted by molar-refractivity contribution is -0.133. The molecule has 1 saturated heterocycles. The Morgan fingerprint density at radius 1 is 1.13 bits per heavy atom. The van der Waals surface area contributed by atoms with Crippen molar-refractivity contribution in [2.75, 3.05) is 19.6 Å². The van der Waals surface area contributed by atoms with Crippen molar-refractivity contribution in [1.82, 2.24) is 10.2 Å². The van der Waals surface area contributed by atoms with Crippen LogP contribution in [-0.2, 0) is 4.79 Å². The van der Waals surface area contributed by atoms with Crippen LogP contribution < -0.4 is 5.32 Å². The number of piperidine rings is 1. The Bertz CT molecular complexity index is 510. The molecule has 1 saturated carbocycles. The van der Waals surface area contributed by atoms with Crippen LogP contribution in [0.5, 0.6) is 0 Å². The first-order chi connectivity index (χ1) is 11.1. The number of carbonyl (C=O) groups excluding carboxylic acids is 1. The molecule has 1 amide bonds. The smallest absolute Gasteiger partial charge is 0.249 e. The number of nitrogens with one attached hydrogen (secondary N) is 1. The van der Waals surface area contributed by atoms with Crippen molar-refractivity contribution in [3.8, 4) is 0 Å². The lowest BCUT2D eigenvalue weighted by Gasteiger charge is -2.34. The van der Waals surface area contributed by atoms with Gasteiger partial charge in [-0.25, -0.2) is 0 Å². The molecule has 0 spiro atoms. The van der Waals surface area contributed by atoms with Crippen LogP contribution in [-0.4, -0.2) is 52.8 Å². The van der Waals surface area contributed by atoms with Crippen LogP contribution in [0.25, 0.3) is 0 Å². The van der Waals surface area contributed by atoms with E-state index in [2.05, 4.69) is 10.2 Å². The van der Waals surface area contributed by atoms with Crippen LogP contribution in [0.2, 0.25) is 0 Å². The third-order valence-electron chi connectivity index (χ3n) is 4.89. The molecular weight excluding hydrogens is 292 g/mol. The molecule has 5 heteroatoms. The fraction of sp³-hybridized carbons (Fsp3) is 0.611. The summed E-state index contributed by atoms with van der Waals surface area (Å²) in [5, 5.41) is 23.3. The molecule has 0 bridgehead atoms. The maximum atomic E-state index is 11.9. The minimum Gasteiger partial charge on any atom is -0.387 e. The lowest BCUT2D eigenvalue weighted by atomic mass is 9.90. The van der Waals surface area contributed by atoms with E-state index in [1.807, 2.05) is 30.3 Å². The first-order valence-electron chi connectivity index (χ1n) is 8.57. The van der Waals surface area contributed by atoms with E-state index < -0.39 is 12.2 Å². The van der Waals surface area contributed by atoms with Gasteiger partial charge < -0.3 is 20.4 Å². The number of aliphatic hydroxyl groups excluding tert-OH is 2. The molecule has 1 heterocycles. The average molecular weight is 318 g/mol. The number of carbonyl (C=O) groups is 1. The van der Waals surface area contributed by atoms with Gasteiger partial charge in [0.2, 0.25) is 5.91 Å². The fourth-order valence-electron chi connectivity index (χ4n) is 3.20. The van der Waals surface area contributed by atoms with Gasteiger partial charge in [0.15, 0.2) is 0 Å². The first-order valence-corrected chi connectivity index (χ1v) is 8.57. The van der Waals surface area contributed by atoms with Crippen LogP contribution in [0.3, 0.4) is 0 Å². The van der Waals surface area contributed by atoms with Gasteiger partial charge in [0.05, 0.1) is 6.10 Å². The van der Waals surface area contributed by atoms with Crippen molar-refractivity contribution < 1.29 is 15.0 Å². The second-order valence-corrected chi connectivity index (χ2v) is 6.79. The first kappa shape index (κ1) is 16.4. The molecule has 2 atom stereocenters. The quantitative estimate of drug-likeness (QED) is 0.734. The molecule has 3 rings (SSSR count). The van der Waals surface area contributed by atoms with E-state index in [0.717, 1.165) is 44.3 Å². The molecule has 2 fully saturated rings. The highest BCUT2D eigenvalue weighted by atomic mass is 16.3. The van der Waals surface area contributed by atoms with Gasteiger partial charge in [0.25, 0.3) is 0 Å². The van der Waals surface area contributed by atoms with Crippen LogP contribution in [0.15, 0.2) is 30.3 Å². The summed E-state index contributed by atoms with van der Waals surface area (Å²) in [5.74, 6) is -0.186. The van der Waals surface area contributed by atoms with Gasteiger partial charge in [-0.15, -0.1) is 0 Å². The zero-order valence-electron chi connectivity index (χ0n) is 13.4. The minimum absolute atomic E-state index is 0.0267. The van der Waals surface area contributed by atoms with E-state index in [4.69, 9.17) is 0 Å². The van der Waals surface area contributed by atoms with Gasteiger partial charge >= 0.3 is 0 Å². The number of amides is 1. The molecule has 3 N–H and O–H groups in total. The lowest BCUT2D eigenvalue weighted by Crippen LogP contribution is -2.45. The Hall–Kier alpha value is -1.43. The van der Waals surface area contributed by atoms with Gasteiger partial charge in [-0.05, 0) is 50.3 Å². The summed E-state index contributed by atoms with van der Waals surface area (Å²) < 4.78 is 0. The molecule has 5 nitrogen and oxygen atoms in total. The van der Waals surface area contributed by atoms with Crippen molar-refractivity contribution in [3.63, 3.8) is 0 Å². The number of hydrogen-bond acceptors (Lipinski definition) is 4. The second-order valence-electron chi connectivity index (χ2n) is 6.79. The number of hydrogen-bond donors (Lipinski definition) is 3. The zero-order valence-corrected chi connectivity index (χ0v) is 13.4. The molecule has 0 aromatic heterocycles. The van der Waals surface area contributed by atoms with Gasteiger partial charge in [-0.1, -0.05) is 30.3 Å². The maximum Gasteiger partial charge on any atom is 0.249 e. The van der Waals surface area contributed by atoms with Crippen molar-refractivity contribution in [3.05, 3.63) is 35.9 Å². The maximum absolute atomic E-state index is 11.9. The summed E-state index contributed by atoms with van der Waals surface area (Å²) >= 11 is 0. The molecular formula is C18H26N2O3. The standard InChI is InChI=1S/C18H26N2O3/c21-16(13-4-2-1-3-5-13)12-20-10-8-14(9-11-20)17(22)18(23)19-15-6-7-15/h1-5,14-17,21-22H,6-12H2,(H,19,23)/t16-,17-/m1/s1. The molecule has 1 aliphatic carbocycles. The van der Waals surface area contributed by atoms with E-state index in [1.54, 1.807) is 0 Å². The summed E-state index contributed by atoms with van der Waals surface area (Å²) in [6.07, 6.45) is 2.28. The Labute approximate surface area is 137 Å². The van der Waals surface area contributed by atoms with Crippen molar-refractivity contribution >= 4 is 5.91 Å². The molecule has 1 aliphatic heterocycles. The summed E-state index contributed by atoms with van der Waals surface area (Å²) in [4.78, 5) is 14.1. The largest absolute Gasteiger partial charge is 0.387 e. The predicted molar refractivity (Wildman–Crippen MR) is 87.7 cm³/mol. The average Bonchev–Trinajstić information content (AvgIpc) is 3.39. The highest BCUT2D eigenvalue weighted by Crippen LogP contribution is 2.24. The second kappa shape index (κ2) is 7.43. The number of nitrogens with zero attached hydrogens (tertiary/aromatic N) is 1. The van der Waals surface area contributed by atoms with E-state index in [9.17, 15) is 15.0 Å². The van der Waals surface area contributed by atoms with Crippen LogP contribution >= 0.6 is 0 Å². The summed E-state index contributed by atoms with van der Waals surface area (Å²) in [7, 11) is 0. The highest BCUT2D eigenvalue weighted by molar-refractivity contribution is 5.81. The molecule has 0 unspecified atom stereocenters. The highest BCUT2D eigenvalue weighted by Gasteiger charge is 2.33. The van der Waals surface area contributed by atoms with Crippen LogP contribution in [0.1, 0.15) is 37.4 Å². The molecule has 0 radical (unpaired) electrons. The molecule has 23 heavy (non-hydrogen) atoms. The Balaban J connectivity index is 1.43. The van der Waals surface area contributed by atoms with Crippen molar-refractivity contribution in [2.45, 2.75) is 43.9 Å². The Kier molecular flexibility index (Phi) is 5.30. The molecule has 1 aromatic rings. The zero-order chi connectivity index (χ0) is 16.2. The van der Waals surface area contributed by atoms with Gasteiger partial charge in [0, 0.05) is 12.6 Å². The fourth-order valence-corrected chi connectivity index (χ4v) is 3.20. The summed E-state index contributed by atoms with van der Waals surface area (Å²) in [5.41, 5.74) is 0.929. The van der Waals surface area contributed by atoms with Gasteiger partial charge in [0.1, 0.15) is 6.10 Å². The van der Waals surface area contributed by atoms with Crippen molar-refractivity contribution in [2.24, 2.45) is 5.92 Å². The Morgan fingerprint density at radius 3 is 2.39 bits per heavy atom. The topological polar surface area (TPSA) is 72.8 Å². The van der Waals surface area contributed by atoms with E-state index in [-0.39, 0.29) is 11.8 Å². The summed E-state index contributed by atoms with van der Waals surface area (Å²) in [6, 6.07) is 9.96. The number of β-amino-alcohol motifs (C(OH)–C–C–N with tert-alkyl or cyclic N) is 1. The predicted octanol–water partition coefficient (Wildman–Crippen LogP) is 1.07. The van der Waals surface area contributed by atoms with Crippen molar-refractivity contribution in [1.29, 1.82) is 0 Å². The van der Waals surface area contributed by atoms with Crippen LogP contribution in [0.4, 0.5) is 0 Å². The van der Waals surface area contributed by atoms with E-state index in [1.165, 1.54) is 0 Å². The number of likely N-dealkylation sites (tertiary alicyclic amines) is 1.